The van der Waals surface area contributed by atoms with Gasteiger partial charge in [-0.2, -0.15) is 0 Å². The van der Waals surface area contributed by atoms with Gasteiger partial charge in [0.1, 0.15) is 11.5 Å². The second kappa shape index (κ2) is 12.1. The summed E-state index contributed by atoms with van der Waals surface area (Å²) in [6.45, 7) is 10.6. The van der Waals surface area contributed by atoms with E-state index in [1.807, 2.05) is 0 Å². The third-order valence-electron chi connectivity index (χ3n) is 9.50. The molecular formula is C43H42O2. The van der Waals surface area contributed by atoms with Crippen LogP contribution in [0.4, 0.5) is 0 Å². The first-order valence-electron chi connectivity index (χ1n) is 16.6. The number of hydrogen-bond donors (Lipinski definition) is 0. The molecule has 0 spiro atoms. The van der Waals surface area contributed by atoms with Crippen LogP contribution in [0.15, 0.2) is 109 Å². The largest absolute Gasteiger partial charge is 0.493 e. The first-order valence-corrected chi connectivity index (χ1v) is 16.6. The smallest absolute Gasteiger partial charge is 0.127 e. The van der Waals surface area contributed by atoms with Gasteiger partial charge in [-0.3, -0.25) is 0 Å². The van der Waals surface area contributed by atoms with Crippen molar-refractivity contribution in [2.75, 3.05) is 13.2 Å². The molecule has 0 unspecified atom stereocenters. The van der Waals surface area contributed by atoms with Crippen LogP contribution in [0.3, 0.4) is 0 Å². The average Bonchev–Trinajstić information content (AvgIpc) is 3.29. The molecule has 0 radical (unpaired) electrons. The molecular weight excluding hydrogens is 548 g/mol. The van der Waals surface area contributed by atoms with Crippen molar-refractivity contribution >= 4 is 21.5 Å². The normalized spacial score (nSPS) is 13.2. The molecule has 2 heteroatoms. The highest BCUT2D eigenvalue weighted by molar-refractivity contribution is 5.94. The Hall–Kier alpha value is -4.56. The molecule has 1 aliphatic carbocycles. The molecule has 226 valence electrons. The molecule has 0 saturated carbocycles. The highest BCUT2D eigenvalue weighted by Crippen LogP contribution is 2.51. The zero-order valence-electron chi connectivity index (χ0n) is 27.0. The van der Waals surface area contributed by atoms with E-state index in [2.05, 4.69) is 137 Å². The molecule has 0 aromatic heterocycles. The van der Waals surface area contributed by atoms with Crippen molar-refractivity contribution in [1.82, 2.24) is 0 Å². The maximum atomic E-state index is 6.40. The van der Waals surface area contributed by atoms with Crippen LogP contribution in [0.5, 0.6) is 11.5 Å². The van der Waals surface area contributed by atoms with Gasteiger partial charge in [-0.1, -0.05) is 113 Å². The quantitative estimate of drug-likeness (QED) is 0.148. The Labute approximate surface area is 267 Å². The summed E-state index contributed by atoms with van der Waals surface area (Å²) in [4.78, 5) is 0. The second-order valence-electron chi connectivity index (χ2n) is 12.9. The van der Waals surface area contributed by atoms with Gasteiger partial charge in [0.05, 0.1) is 13.2 Å². The lowest BCUT2D eigenvalue weighted by Crippen LogP contribution is -2.15. The predicted octanol–water partition coefficient (Wildman–Crippen LogP) is 12.0. The SMILES string of the molecule is CCCCOc1cc2ccccc2cc1-c1ccc2c(c1)C(C)(C)c1cc(-c3cc4ccccc4cc3OCCCC)ccc1-2. The number of benzene rings is 6. The number of hydrogen-bond acceptors (Lipinski definition) is 2. The van der Waals surface area contributed by atoms with Crippen LogP contribution in [-0.4, -0.2) is 13.2 Å². The Morgan fingerprint density at radius 3 is 1.27 bits per heavy atom. The molecule has 7 rings (SSSR count). The first-order chi connectivity index (χ1) is 22.0. The van der Waals surface area contributed by atoms with Gasteiger partial charge in [0.2, 0.25) is 0 Å². The van der Waals surface area contributed by atoms with E-state index in [0.29, 0.717) is 0 Å². The highest BCUT2D eigenvalue weighted by atomic mass is 16.5. The van der Waals surface area contributed by atoms with Crippen LogP contribution in [0.1, 0.15) is 64.5 Å². The summed E-state index contributed by atoms with van der Waals surface area (Å²) < 4.78 is 12.8. The van der Waals surface area contributed by atoms with Gasteiger partial charge in [0.15, 0.2) is 0 Å². The van der Waals surface area contributed by atoms with Crippen LogP contribution < -0.4 is 9.47 Å². The van der Waals surface area contributed by atoms with Gasteiger partial charge in [-0.05, 0) is 104 Å². The molecule has 6 aromatic rings. The van der Waals surface area contributed by atoms with Crippen molar-refractivity contribution in [1.29, 1.82) is 0 Å². The third kappa shape index (κ3) is 5.37. The average molecular weight is 591 g/mol. The monoisotopic (exact) mass is 590 g/mol. The number of fused-ring (bicyclic) bond motifs is 5. The van der Waals surface area contributed by atoms with Crippen LogP contribution in [0.25, 0.3) is 54.9 Å². The van der Waals surface area contributed by atoms with Crippen LogP contribution in [0.2, 0.25) is 0 Å². The minimum absolute atomic E-state index is 0.156. The Balaban J connectivity index is 1.30. The first kappa shape index (κ1) is 29.2. The van der Waals surface area contributed by atoms with E-state index in [4.69, 9.17) is 9.47 Å². The number of ether oxygens (including phenoxy) is 2. The Morgan fingerprint density at radius 1 is 0.467 bits per heavy atom. The molecule has 0 heterocycles. The Bertz CT molecular complexity index is 1870. The number of unbranched alkanes of at least 4 members (excludes halogenated alkanes) is 2. The summed E-state index contributed by atoms with van der Waals surface area (Å²) in [7, 11) is 0. The molecule has 1 aliphatic rings. The van der Waals surface area contributed by atoms with Crippen molar-refractivity contribution in [3.63, 3.8) is 0 Å². The minimum Gasteiger partial charge on any atom is -0.493 e. The fraction of sp³-hybridized carbons (Fsp3) is 0.256. The molecule has 0 bridgehead atoms. The minimum atomic E-state index is -0.156. The fourth-order valence-corrected chi connectivity index (χ4v) is 6.85. The second-order valence-corrected chi connectivity index (χ2v) is 12.9. The van der Waals surface area contributed by atoms with Gasteiger partial charge >= 0.3 is 0 Å². The topological polar surface area (TPSA) is 18.5 Å². The van der Waals surface area contributed by atoms with Crippen LogP contribution >= 0.6 is 0 Å². The standard InChI is InChI=1S/C43H42O2/c1-5-7-21-44-41-27-31-15-11-9-13-29(31)23-37(41)33-17-19-35-36-20-18-34(26-40(36)43(3,4)39(35)25-33)38-24-30-14-10-12-16-32(30)28-42(38)45-22-8-6-2/h9-20,23-28H,5-8,21-22H2,1-4H3. The van der Waals surface area contributed by atoms with E-state index in [1.165, 1.54) is 54.9 Å². The van der Waals surface area contributed by atoms with E-state index in [9.17, 15) is 0 Å². The summed E-state index contributed by atoms with van der Waals surface area (Å²) in [5, 5.41) is 4.88. The lowest BCUT2D eigenvalue weighted by molar-refractivity contribution is 0.311. The lowest BCUT2D eigenvalue weighted by atomic mass is 9.80. The molecule has 0 N–H and O–H groups in total. The van der Waals surface area contributed by atoms with Crippen LogP contribution in [-0.2, 0) is 5.41 Å². The maximum Gasteiger partial charge on any atom is 0.127 e. The zero-order valence-corrected chi connectivity index (χ0v) is 27.0. The summed E-state index contributed by atoms with van der Waals surface area (Å²) in [5.41, 5.74) is 9.92. The van der Waals surface area contributed by atoms with E-state index in [0.717, 1.165) is 61.5 Å². The van der Waals surface area contributed by atoms with Gasteiger partial charge < -0.3 is 9.47 Å². The zero-order chi connectivity index (χ0) is 31.0. The highest BCUT2D eigenvalue weighted by Gasteiger charge is 2.36. The maximum absolute atomic E-state index is 6.40. The summed E-state index contributed by atoms with van der Waals surface area (Å²) in [6, 6.07) is 40.1. The van der Waals surface area contributed by atoms with E-state index in [-0.39, 0.29) is 5.41 Å². The molecule has 0 amide bonds. The molecule has 0 saturated heterocycles. The van der Waals surface area contributed by atoms with E-state index in [1.54, 1.807) is 0 Å². The molecule has 45 heavy (non-hydrogen) atoms. The van der Waals surface area contributed by atoms with Gasteiger partial charge in [0.25, 0.3) is 0 Å². The van der Waals surface area contributed by atoms with Crippen molar-refractivity contribution in [2.24, 2.45) is 0 Å². The summed E-state index contributed by atoms with van der Waals surface area (Å²) in [6.07, 6.45) is 4.32. The van der Waals surface area contributed by atoms with E-state index >= 15 is 0 Å². The molecule has 0 fully saturated rings. The Kier molecular flexibility index (Phi) is 7.83. The van der Waals surface area contributed by atoms with Crippen molar-refractivity contribution < 1.29 is 9.47 Å². The molecule has 0 atom stereocenters. The summed E-state index contributed by atoms with van der Waals surface area (Å²) >= 11 is 0. The summed E-state index contributed by atoms with van der Waals surface area (Å²) in [5.74, 6) is 1.93. The van der Waals surface area contributed by atoms with Gasteiger partial charge in [0, 0.05) is 16.5 Å². The fourth-order valence-electron chi connectivity index (χ4n) is 6.85. The predicted molar refractivity (Wildman–Crippen MR) is 191 cm³/mol. The van der Waals surface area contributed by atoms with Crippen molar-refractivity contribution in [3.8, 4) is 44.9 Å². The van der Waals surface area contributed by atoms with Gasteiger partial charge in [-0.15, -0.1) is 0 Å². The Morgan fingerprint density at radius 2 is 0.867 bits per heavy atom. The van der Waals surface area contributed by atoms with E-state index < -0.39 is 0 Å². The lowest BCUT2D eigenvalue weighted by Gasteiger charge is -2.23. The van der Waals surface area contributed by atoms with Gasteiger partial charge in [-0.25, -0.2) is 0 Å². The van der Waals surface area contributed by atoms with Crippen molar-refractivity contribution in [3.05, 3.63) is 120 Å². The van der Waals surface area contributed by atoms with Crippen LogP contribution in [0, 0.1) is 0 Å². The molecule has 0 aliphatic heterocycles. The molecule has 2 nitrogen and oxygen atoms in total. The van der Waals surface area contributed by atoms with Crippen molar-refractivity contribution in [2.45, 2.75) is 58.8 Å². The molecule has 6 aromatic carbocycles. The number of rotatable bonds is 10. The third-order valence-corrected chi connectivity index (χ3v) is 9.50.